The Labute approximate surface area is 64.2 Å². The first kappa shape index (κ1) is 12.4. The van der Waals surface area contributed by atoms with Crippen molar-refractivity contribution in [1.29, 1.82) is 0 Å². The van der Waals surface area contributed by atoms with Crippen LogP contribution in [0.25, 0.3) is 0 Å². The van der Waals surface area contributed by atoms with Crippen LogP contribution in [0.1, 0.15) is 13.3 Å². The molecule has 0 aromatic carbocycles. The van der Waals surface area contributed by atoms with Crippen molar-refractivity contribution in [3.8, 4) is 0 Å². The van der Waals surface area contributed by atoms with Gasteiger partial charge in [-0.25, -0.2) is 0 Å². The molecule has 0 aliphatic heterocycles. The first-order valence-electron chi connectivity index (χ1n) is 2.32. The molecule has 0 saturated carbocycles. The molecule has 0 fully saturated rings. The molecule has 0 aromatic heterocycles. The van der Waals surface area contributed by atoms with E-state index in [1.807, 2.05) is 0 Å². The van der Waals surface area contributed by atoms with E-state index in [0.717, 1.165) is 0 Å². The monoisotopic (exact) mass is 222 g/mol. The predicted octanol–water partition coefficient (Wildman–Crippen LogP) is 0.157. The van der Waals surface area contributed by atoms with Crippen molar-refractivity contribution in [2.24, 2.45) is 0 Å². The second kappa shape index (κ2) is 3.23. The van der Waals surface area contributed by atoms with Crippen LogP contribution in [0.4, 0.5) is 0 Å². The third-order valence-electron chi connectivity index (χ3n) is 0.624. The van der Waals surface area contributed by atoms with Crippen LogP contribution in [0.5, 0.6) is 0 Å². The zero-order valence-corrected chi connectivity index (χ0v) is 7.67. The van der Waals surface area contributed by atoms with E-state index in [1.165, 1.54) is 0 Å². The molecule has 0 heterocycles. The molecule has 9 heavy (non-hydrogen) atoms. The third kappa shape index (κ3) is 12.1. The Morgan fingerprint density at radius 3 is 1.44 bits per heavy atom. The van der Waals surface area contributed by atoms with Gasteiger partial charge in [0, 0.05) is 0 Å². The first-order chi connectivity index (χ1) is 3.31. The fourth-order valence-corrected chi connectivity index (χ4v) is 1.20. The second-order valence-corrected chi connectivity index (χ2v) is 4.48. The van der Waals surface area contributed by atoms with Crippen LogP contribution < -0.4 is 0 Å². The quantitative estimate of drug-likeness (QED) is 0.502. The topological polar surface area (TPSA) is 80.9 Å². The molecule has 0 atom stereocenters. The Hall–Kier alpha value is 0.750. The standard InChI is InChI=1S/C3H11O4P.BrH/c1-2-3-8(4,5,6)7;/h4-7H,2-3H2,1H3;1H. The minimum absolute atomic E-state index is 0. The van der Waals surface area contributed by atoms with Gasteiger partial charge in [0.05, 0.1) is 0 Å². The average Bonchev–Trinajstić information content (AvgIpc) is 1.25. The van der Waals surface area contributed by atoms with Gasteiger partial charge >= 0.3 is 46.6 Å². The molecule has 6 heteroatoms. The molecule has 0 radical (unpaired) electrons. The zero-order chi connectivity index (χ0) is 6.86. The molecule has 0 aromatic rings. The fraction of sp³-hybridized carbons (Fsp3) is 1.00. The van der Waals surface area contributed by atoms with E-state index >= 15 is 0 Å². The Balaban J connectivity index is 0. The van der Waals surface area contributed by atoms with Gasteiger partial charge in [-0.15, -0.1) is 17.0 Å². The van der Waals surface area contributed by atoms with Crippen LogP contribution in [-0.2, 0) is 0 Å². The summed E-state index contributed by atoms with van der Waals surface area (Å²) in [5.74, 6) is 0. The van der Waals surface area contributed by atoms with Crippen LogP contribution in [0, 0.1) is 0 Å². The van der Waals surface area contributed by atoms with E-state index in [-0.39, 0.29) is 23.1 Å². The maximum absolute atomic E-state index is 8.28. The van der Waals surface area contributed by atoms with Crippen LogP contribution in [0.15, 0.2) is 0 Å². The molecular formula is C3H12BrO4P. The molecule has 0 saturated heterocycles. The summed E-state index contributed by atoms with van der Waals surface area (Å²) in [5.41, 5.74) is 0. The minimum atomic E-state index is -5.10. The van der Waals surface area contributed by atoms with Gasteiger partial charge in [-0.3, -0.25) is 0 Å². The molecule has 4 nitrogen and oxygen atoms in total. The van der Waals surface area contributed by atoms with E-state index in [2.05, 4.69) is 0 Å². The summed E-state index contributed by atoms with van der Waals surface area (Å²) in [4.78, 5) is 33.1. The number of hydrogen-bond acceptors (Lipinski definition) is 4. The Morgan fingerprint density at radius 2 is 1.44 bits per heavy atom. The van der Waals surface area contributed by atoms with Crippen molar-refractivity contribution in [1.82, 2.24) is 0 Å². The van der Waals surface area contributed by atoms with Gasteiger partial charge in [-0.1, -0.05) is 0 Å². The molecule has 0 bridgehead atoms. The molecule has 0 rings (SSSR count). The average molecular weight is 223 g/mol. The van der Waals surface area contributed by atoms with E-state index in [0.29, 0.717) is 6.42 Å². The number of hydrogen-bond donors (Lipinski definition) is 4. The van der Waals surface area contributed by atoms with Gasteiger partial charge in [-0.2, -0.15) is 0 Å². The van der Waals surface area contributed by atoms with Crippen LogP contribution in [0.3, 0.4) is 0 Å². The van der Waals surface area contributed by atoms with Gasteiger partial charge in [0.2, 0.25) is 0 Å². The molecule has 4 N–H and O–H groups in total. The summed E-state index contributed by atoms with van der Waals surface area (Å²) in [7, 11) is -5.10. The summed E-state index contributed by atoms with van der Waals surface area (Å²) in [6, 6.07) is 0. The second-order valence-electron chi connectivity index (χ2n) is 1.83. The zero-order valence-electron chi connectivity index (χ0n) is 5.06. The molecule has 0 unspecified atom stereocenters. The Kier molecular flexibility index (Phi) is 4.46. The number of halogens is 1. The van der Waals surface area contributed by atoms with Crippen molar-refractivity contribution in [3.63, 3.8) is 0 Å². The molecule has 0 amide bonds. The van der Waals surface area contributed by atoms with Gasteiger partial charge in [0.15, 0.2) is 0 Å². The predicted molar refractivity (Wildman–Crippen MR) is 41.3 cm³/mol. The summed E-state index contributed by atoms with van der Waals surface area (Å²) >= 11 is 0. The van der Waals surface area contributed by atoms with E-state index < -0.39 is 7.51 Å². The third-order valence-corrected chi connectivity index (χ3v) is 1.87. The van der Waals surface area contributed by atoms with Crippen LogP contribution in [0.2, 0.25) is 0 Å². The van der Waals surface area contributed by atoms with Crippen molar-refractivity contribution in [2.45, 2.75) is 13.3 Å². The van der Waals surface area contributed by atoms with Crippen molar-refractivity contribution in [3.05, 3.63) is 0 Å². The molecule has 0 spiro atoms. The Morgan fingerprint density at radius 1 is 1.11 bits per heavy atom. The van der Waals surface area contributed by atoms with E-state index in [9.17, 15) is 0 Å². The van der Waals surface area contributed by atoms with Gasteiger partial charge < -0.3 is 0 Å². The summed E-state index contributed by atoms with van der Waals surface area (Å²) in [5, 5.41) is 0. The van der Waals surface area contributed by atoms with Gasteiger partial charge in [-0.05, 0) is 0 Å². The van der Waals surface area contributed by atoms with Crippen molar-refractivity contribution >= 4 is 24.5 Å². The van der Waals surface area contributed by atoms with E-state index in [4.69, 9.17) is 19.6 Å². The van der Waals surface area contributed by atoms with Crippen molar-refractivity contribution in [2.75, 3.05) is 6.16 Å². The summed E-state index contributed by atoms with van der Waals surface area (Å²) in [6.07, 6.45) is 0.00340. The summed E-state index contributed by atoms with van der Waals surface area (Å²) in [6.45, 7) is 1.63. The number of rotatable bonds is 2. The molecule has 0 aliphatic carbocycles. The molecular weight excluding hydrogens is 211 g/mol. The van der Waals surface area contributed by atoms with Gasteiger partial charge in [0.1, 0.15) is 0 Å². The van der Waals surface area contributed by atoms with Crippen LogP contribution in [-0.4, -0.2) is 25.7 Å². The maximum atomic E-state index is 8.28. The summed E-state index contributed by atoms with van der Waals surface area (Å²) < 4.78 is 0. The van der Waals surface area contributed by atoms with Crippen molar-refractivity contribution < 1.29 is 19.6 Å². The molecule has 0 aliphatic rings. The van der Waals surface area contributed by atoms with Crippen LogP contribution >= 0.6 is 24.5 Å². The fourth-order valence-electron chi connectivity index (χ4n) is 0.400. The SMILES string of the molecule is Br.CCCP(O)(O)(O)O. The molecule has 60 valence electrons. The Bertz CT molecular complexity index is 78.3. The first-order valence-corrected chi connectivity index (χ1v) is 4.56. The van der Waals surface area contributed by atoms with Gasteiger partial charge in [0.25, 0.3) is 0 Å². The normalized spacial score (nSPS) is 15.4. The van der Waals surface area contributed by atoms with E-state index in [1.54, 1.807) is 6.92 Å².